The van der Waals surface area contributed by atoms with E-state index in [0.29, 0.717) is 10.2 Å². The summed E-state index contributed by atoms with van der Waals surface area (Å²) in [4.78, 5) is 17.7. The molecule has 132 valence electrons. The van der Waals surface area contributed by atoms with E-state index >= 15 is 0 Å². The van der Waals surface area contributed by atoms with Crippen LogP contribution in [0.1, 0.15) is 10.4 Å². The molecule has 0 saturated heterocycles. The summed E-state index contributed by atoms with van der Waals surface area (Å²) in [5.74, 6) is 0.514. The van der Waals surface area contributed by atoms with Gasteiger partial charge in [0.25, 0.3) is 0 Å². The third-order valence-corrected chi connectivity index (χ3v) is 4.80. The van der Waals surface area contributed by atoms with Gasteiger partial charge in [0.2, 0.25) is 5.91 Å². The highest BCUT2D eigenvalue weighted by molar-refractivity contribution is 7.16. The molecule has 0 aliphatic rings. The third kappa shape index (κ3) is 4.50. The lowest BCUT2D eigenvalue weighted by molar-refractivity contribution is -0.111. The van der Waals surface area contributed by atoms with Crippen molar-refractivity contribution in [2.45, 2.75) is 6.92 Å². The average Bonchev–Trinajstić information content (AvgIpc) is 3.01. The number of benzene rings is 2. The standard InChI is InChI=1S/C20H17ClN2O2S/c1-13-19(15-7-9-16(21)10-8-15)23-20(26-13)22-18(24)11-6-14-4-3-5-17(12-14)25-2/h3-12H,1-2H3,(H,22,23,24)/b11-6+. The summed E-state index contributed by atoms with van der Waals surface area (Å²) in [5, 5.41) is 4.05. The van der Waals surface area contributed by atoms with Crippen LogP contribution in [0, 0.1) is 6.92 Å². The van der Waals surface area contributed by atoms with Crippen LogP contribution in [0.3, 0.4) is 0 Å². The largest absolute Gasteiger partial charge is 0.497 e. The van der Waals surface area contributed by atoms with E-state index in [1.165, 1.54) is 17.4 Å². The summed E-state index contributed by atoms with van der Waals surface area (Å²) in [5.41, 5.74) is 2.70. The second-order valence-electron chi connectivity index (χ2n) is 5.53. The number of aromatic nitrogens is 1. The molecular weight excluding hydrogens is 368 g/mol. The smallest absolute Gasteiger partial charge is 0.250 e. The molecule has 0 aliphatic heterocycles. The first-order valence-corrected chi connectivity index (χ1v) is 9.11. The van der Waals surface area contributed by atoms with Gasteiger partial charge in [-0.05, 0) is 42.8 Å². The molecule has 0 fully saturated rings. The van der Waals surface area contributed by atoms with Crippen molar-refractivity contribution in [3.05, 3.63) is 70.1 Å². The maximum Gasteiger partial charge on any atom is 0.250 e. The predicted octanol–water partition coefficient (Wildman–Crippen LogP) is 5.43. The molecule has 3 rings (SSSR count). The SMILES string of the molecule is COc1cccc(/C=C/C(=O)Nc2nc(-c3ccc(Cl)cc3)c(C)s2)c1. The van der Waals surface area contributed by atoms with Gasteiger partial charge in [0, 0.05) is 21.5 Å². The van der Waals surface area contributed by atoms with Crippen LogP contribution in [-0.4, -0.2) is 18.0 Å². The first-order valence-electron chi connectivity index (χ1n) is 7.91. The molecule has 0 radical (unpaired) electrons. The normalized spacial score (nSPS) is 10.9. The van der Waals surface area contributed by atoms with Crippen LogP contribution in [0.2, 0.25) is 5.02 Å². The van der Waals surface area contributed by atoms with E-state index in [1.807, 2.05) is 55.5 Å². The number of ether oxygens (including phenoxy) is 1. The summed E-state index contributed by atoms with van der Waals surface area (Å²) >= 11 is 7.37. The molecule has 26 heavy (non-hydrogen) atoms. The monoisotopic (exact) mass is 384 g/mol. The fraction of sp³-hybridized carbons (Fsp3) is 0.100. The molecule has 4 nitrogen and oxygen atoms in total. The Labute approximate surface area is 161 Å². The number of nitrogens with one attached hydrogen (secondary N) is 1. The van der Waals surface area contributed by atoms with Crippen molar-refractivity contribution in [2.24, 2.45) is 0 Å². The molecule has 0 atom stereocenters. The van der Waals surface area contributed by atoms with Crippen LogP contribution >= 0.6 is 22.9 Å². The summed E-state index contributed by atoms with van der Waals surface area (Å²) in [6.07, 6.45) is 3.21. The van der Waals surface area contributed by atoms with E-state index in [-0.39, 0.29) is 5.91 Å². The van der Waals surface area contributed by atoms with Gasteiger partial charge >= 0.3 is 0 Å². The third-order valence-electron chi connectivity index (χ3n) is 3.67. The van der Waals surface area contributed by atoms with Crippen molar-refractivity contribution in [2.75, 3.05) is 12.4 Å². The summed E-state index contributed by atoms with van der Waals surface area (Å²) in [6, 6.07) is 15.0. The van der Waals surface area contributed by atoms with Crippen molar-refractivity contribution in [1.29, 1.82) is 0 Å². The number of anilines is 1. The van der Waals surface area contributed by atoms with Gasteiger partial charge in [-0.25, -0.2) is 4.98 Å². The minimum atomic E-state index is -0.232. The van der Waals surface area contributed by atoms with Crippen molar-refractivity contribution in [3.8, 4) is 17.0 Å². The number of hydrogen-bond donors (Lipinski definition) is 1. The fourth-order valence-corrected chi connectivity index (χ4v) is 3.35. The molecule has 0 spiro atoms. The van der Waals surface area contributed by atoms with Crippen molar-refractivity contribution in [1.82, 2.24) is 4.98 Å². The number of amides is 1. The van der Waals surface area contributed by atoms with Gasteiger partial charge in [-0.1, -0.05) is 35.9 Å². The zero-order valence-corrected chi connectivity index (χ0v) is 15.9. The molecule has 2 aromatic carbocycles. The molecule has 0 unspecified atom stereocenters. The van der Waals surface area contributed by atoms with Crippen LogP contribution < -0.4 is 10.1 Å². The van der Waals surface area contributed by atoms with E-state index in [2.05, 4.69) is 10.3 Å². The molecule has 6 heteroatoms. The number of halogens is 1. The number of hydrogen-bond acceptors (Lipinski definition) is 4. The van der Waals surface area contributed by atoms with Crippen LogP contribution in [0.15, 0.2) is 54.6 Å². The molecule has 0 aliphatic carbocycles. The number of aryl methyl sites for hydroxylation is 1. The lowest BCUT2D eigenvalue weighted by Crippen LogP contribution is -2.07. The van der Waals surface area contributed by atoms with E-state index in [0.717, 1.165) is 27.4 Å². The Kier molecular flexibility index (Phi) is 5.71. The van der Waals surface area contributed by atoms with E-state index in [4.69, 9.17) is 16.3 Å². The zero-order valence-electron chi connectivity index (χ0n) is 14.3. The molecule has 1 amide bonds. The van der Waals surface area contributed by atoms with Gasteiger partial charge in [0.05, 0.1) is 12.8 Å². The number of thiazole rings is 1. The minimum Gasteiger partial charge on any atom is -0.497 e. The topological polar surface area (TPSA) is 51.2 Å². The Morgan fingerprint density at radius 3 is 2.73 bits per heavy atom. The van der Waals surface area contributed by atoms with Gasteiger partial charge in [-0.15, -0.1) is 11.3 Å². The van der Waals surface area contributed by atoms with Crippen LogP contribution in [0.5, 0.6) is 5.75 Å². The van der Waals surface area contributed by atoms with Gasteiger partial charge in [0.1, 0.15) is 5.75 Å². The number of nitrogens with zero attached hydrogens (tertiary/aromatic N) is 1. The lowest BCUT2D eigenvalue weighted by atomic mass is 10.1. The van der Waals surface area contributed by atoms with Crippen molar-refractivity contribution >= 4 is 40.1 Å². The molecule has 3 aromatic rings. The molecular formula is C20H17ClN2O2S. The number of methoxy groups -OCH3 is 1. The van der Waals surface area contributed by atoms with Crippen LogP contribution in [0.4, 0.5) is 5.13 Å². The van der Waals surface area contributed by atoms with Gasteiger partial charge in [0.15, 0.2) is 5.13 Å². The van der Waals surface area contributed by atoms with Crippen molar-refractivity contribution < 1.29 is 9.53 Å². The molecule has 1 heterocycles. The Morgan fingerprint density at radius 1 is 1.23 bits per heavy atom. The van der Waals surface area contributed by atoms with Gasteiger partial charge in [-0.3, -0.25) is 10.1 Å². The average molecular weight is 385 g/mol. The highest BCUT2D eigenvalue weighted by Crippen LogP contribution is 2.31. The van der Waals surface area contributed by atoms with Gasteiger partial charge < -0.3 is 4.74 Å². The summed E-state index contributed by atoms with van der Waals surface area (Å²) in [7, 11) is 1.61. The summed E-state index contributed by atoms with van der Waals surface area (Å²) < 4.78 is 5.17. The fourth-order valence-electron chi connectivity index (χ4n) is 2.39. The second kappa shape index (κ2) is 8.17. The quantitative estimate of drug-likeness (QED) is 0.596. The van der Waals surface area contributed by atoms with E-state index < -0.39 is 0 Å². The van der Waals surface area contributed by atoms with E-state index in [1.54, 1.807) is 13.2 Å². The van der Waals surface area contributed by atoms with Crippen LogP contribution in [-0.2, 0) is 4.79 Å². The lowest BCUT2D eigenvalue weighted by Gasteiger charge is -2.00. The summed E-state index contributed by atoms with van der Waals surface area (Å²) in [6.45, 7) is 1.98. The first kappa shape index (κ1) is 18.2. The minimum absolute atomic E-state index is 0.232. The van der Waals surface area contributed by atoms with Crippen LogP contribution in [0.25, 0.3) is 17.3 Å². The molecule has 1 aromatic heterocycles. The zero-order chi connectivity index (χ0) is 18.5. The first-order chi connectivity index (χ1) is 12.5. The number of carbonyl (C=O) groups excluding carboxylic acids is 1. The number of carbonyl (C=O) groups is 1. The number of rotatable bonds is 5. The highest BCUT2D eigenvalue weighted by atomic mass is 35.5. The highest BCUT2D eigenvalue weighted by Gasteiger charge is 2.11. The Bertz CT molecular complexity index is 949. The van der Waals surface area contributed by atoms with Crippen molar-refractivity contribution in [3.63, 3.8) is 0 Å². The Balaban J connectivity index is 1.70. The maximum absolute atomic E-state index is 12.2. The molecule has 0 bridgehead atoms. The molecule has 1 N–H and O–H groups in total. The predicted molar refractivity (Wildman–Crippen MR) is 108 cm³/mol. The van der Waals surface area contributed by atoms with E-state index in [9.17, 15) is 4.79 Å². The Hall–Kier alpha value is -2.63. The second-order valence-corrected chi connectivity index (χ2v) is 7.17. The van der Waals surface area contributed by atoms with Gasteiger partial charge in [-0.2, -0.15) is 0 Å². The molecule has 0 saturated carbocycles. The Morgan fingerprint density at radius 2 is 2.00 bits per heavy atom. The maximum atomic E-state index is 12.2.